The van der Waals surface area contributed by atoms with Gasteiger partial charge in [0, 0.05) is 41.8 Å². The van der Waals surface area contributed by atoms with E-state index in [1.54, 1.807) is 47.5 Å². The summed E-state index contributed by atoms with van der Waals surface area (Å²) in [5.74, 6) is -0.429. The van der Waals surface area contributed by atoms with E-state index in [9.17, 15) is 9.18 Å². The van der Waals surface area contributed by atoms with Gasteiger partial charge in [0.1, 0.15) is 5.82 Å². The zero-order valence-electron chi connectivity index (χ0n) is 15.1. The number of halogens is 2. The van der Waals surface area contributed by atoms with Gasteiger partial charge >= 0.3 is 0 Å². The third kappa shape index (κ3) is 3.79. The average Bonchev–Trinajstić information content (AvgIpc) is 2.73. The van der Waals surface area contributed by atoms with E-state index in [1.165, 1.54) is 6.07 Å². The first-order valence-electron chi connectivity index (χ1n) is 9.06. The Balaban J connectivity index is 1.74. The van der Waals surface area contributed by atoms with Gasteiger partial charge in [-0.2, -0.15) is 0 Å². The molecule has 2 heterocycles. The molecule has 1 amide bonds. The lowest BCUT2D eigenvalue weighted by Crippen LogP contribution is -2.41. The topological polar surface area (TPSA) is 54.5 Å². The number of nitrogens with zero attached hydrogens (tertiary/aromatic N) is 2. The number of hydrogen-bond donors (Lipinski definition) is 1. The molecule has 0 unspecified atom stereocenters. The Bertz CT molecular complexity index is 1020. The molecule has 0 spiro atoms. The van der Waals surface area contributed by atoms with Crippen molar-refractivity contribution in [1.82, 2.24) is 9.88 Å². The fraction of sp³-hybridized carbons (Fsp3) is 0.238. The van der Waals surface area contributed by atoms with Crippen molar-refractivity contribution in [1.29, 1.82) is 0 Å². The number of nitrogens with one attached hydrogen (secondary N) is 1. The third-order valence-electron chi connectivity index (χ3n) is 4.77. The van der Waals surface area contributed by atoms with Crippen LogP contribution in [0.5, 0.6) is 0 Å². The lowest BCUT2D eigenvalue weighted by molar-refractivity contribution is 0.0303. The highest BCUT2D eigenvalue weighted by Gasteiger charge is 2.23. The van der Waals surface area contributed by atoms with Crippen molar-refractivity contribution in [2.45, 2.75) is 6.54 Å². The van der Waals surface area contributed by atoms with Crippen molar-refractivity contribution in [3.05, 3.63) is 70.6 Å². The highest BCUT2D eigenvalue weighted by atomic mass is 35.5. The SMILES string of the molecule is O=C(c1cnc2ccc(Cl)cc2c1NCc1ccccc1F)N1CCOCC1. The molecule has 1 aliphatic rings. The van der Waals surface area contributed by atoms with E-state index in [2.05, 4.69) is 10.3 Å². The first-order chi connectivity index (χ1) is 13.6. The number of hydrogen-bond acceptors (Lipinski definition) is 4. The summed E-state index contributed by atoms with van der Waals surface area (Å²) in [5.41, 5.74) is 2.26. The van der Waals surface area contributed by atoms with E-state index >= 15 is 0 Å². The second-order valence-corrected chi connectivity index (χ2v) is 6.99. The van der Waals surface area contributed by atoms with Crippen LogP contribution in [0.3, 0.4) is 0 Å². The summed E-state index contributed by atoms with van der Waals surface area (Å²) in [4.78, 5) is 19.3. The number of ether oxygens (including phenoxy) is 1. The van der Waals surface area contributed by atoms with Crippen molar-refractivity contribution in [3.8, 4) is 0 Å². The average molecular weight is 400 g/mol. The number of pyridine rings is 1. The van der Waals surface area contributed by atoms with Gasteiger partial charge < -0.3 is 15.0 Å². The van der Waals surface area contributed by atoms with Gasteiger partial charge in [0.25, 0.3) is 5.91 Å². The molecule has 4 rings (SSSR count). The molecular weight excluding hydrogens is 381 g/mol. The highest BCUT2D eigenvalue weighted by molar-refractivity contribution is 6.31. The monoisotopic (exact) mass is 399 g/mol. The second kappa shape index (κ2) is 8.12. The van der Waals surface area contributed by atoms with Crippen LogP contribution in [-0.2, 0) is 11.3 Å². The maximum Gasteiger partial charge on any atom is 0.257 e. The molecule has 28 heavy (non-hydrogen) atoms. The molecule has 0 radical (unpaired) electrons. The molecule has 7 heteroatoms. The first kappa shape index (κ1) is 18.7. The fourth-order valence-corrected chi connectivity index (χ4v) is 3.45. The minimum atomic E-state index is -0.299. The zero-order valence-corrected chi connectivity index (χ0v) is 15.9. The summed E-state index contributed by atoms with van der Waals surface area (Å²) in [6, 6.07) is 11.9. The maximum atomic E-state index is 14.1. The molecule has 0 aliphatic carbocycles. The first-order valence-corrected chi connectivity index (χ1v) is 9.44. The van der Waals surface area contributed by atoms with Crippen molar-refractivity contribution in [2.24, 2.45) is 0 Å². The summed E-state index contributed by atoms with van der Waals surface area (Å²) in [5, 5.41) is 4.51. The predicted octanol–water partition coefficient (Wildman–Crippen LogP) is 4.11. The summed E-state index contributed by atoms with van der Waals surface area (Å²) >= 11 is 6.19. The lowest BCUT2D eigenvalue weighted by atomic mass is 10.1. The van der Waals surface area contributed by atoms with Gasteiger partial charge in [-0.25, -0.2) is 4.39 Å². The molecule has 3 aromatic rings. The number of carbonyl (C=O) groups excluding carboxylic acids is 1. The lowest BCUT2D eigenvalue weighted by Gasteiger charge is -2.28. The largest absolute Gasteiger partial charge is 0.380 e. The van der Waals surface area contributed by atoms with Crippen LogP contribution in [0.15, 0.2) is 48.7 Å². The number of carbonyl (C=O) groups is 1. The number of morpholine rings is 1. The van der Waals surface area contributed by atoms with Crippen LogP contribution in [0.25, 0.3) is 10.9 Å². The Morgan fingerprint density at radius 3 is 2.79 bits per heavy atom. The van der Waals surface area contributed by atoms with Gasteiger partial charge in [-0.1, -0.05) is 29.8 Å². The third-order valence-corrected chi connectivity index (χ3v) is 5.01. The molecule has 144 valence electrons. The summed E-state index contributed by atoms with van der Waals surface area (Å²) in [6.45, 7) is 2.31. The van der Waals surface area contributed by atoms with Crippen LogP contribution >= 0.6 is 11.6 Å². The quantitative estimate of drug-likeness (QED) is 0.717. The van der Waals surface area contributed by atoms with Crippen molar-refractivity contribution in [3.63, 3.8) is 0 Å². The Hall–Kier alpha value is -2.70. The van der Waals surface area contributed by atoms with Gasteiger partial charge in [0.15, 0.2) is 0 Å². The predicted molar refractivity (Wildman–Crippen MR) is 107 cm³/mol. The molecule has 1 aliphatic heterocycles. The number of aromatic nitrogens is 1. The van der Waals surface area contributed by atoms with Crippen LogP contribution in [0.1, 0.15) is 15.9 Å². The summed E-state index contributed by atoms with van der Waals surface area (Å²) in [6.07, 6.45) is 1.57. The minimum Gasteiger partial charge on any atom is -0.380 e. The van der Waals surface area contributed by atoms with Crippen molar-refractivity contribution in [2.75, 3.05) is 31.6 Å². The normalized spacial score (nSPS) is 14.3. The fourth-order valence-electron chi connectivity index (χ4n) is 3.28. The van der Waals surface area contributed by atoms with E-state index in [0.29, 0.717) is 53.7 Å². The Kier molecular flexibility index (Phi) is 5.41. The molecule has 0 atom stereocenters. The van der Waals surface area contributed by atoms with E-state index in [0.717, 1.165) is 5.39 Å². The van der Waals surface area contributed by atoms with E-state index in [-0.39, 0.29) is 18.3 Å². The van der Waals surface area contributed by atoms with Gasteiger partial charge in [-0.15, -0.1) is 0 Å². The van der Waals surface area contributed by atoms with Crippen LogP contribution < -0.4 is 5.32 Å². The molecule has 1 saturated heterocycles. The molecule has 0 bridgehead atoms. The number of fused-ring (bicyclic) bond motifs is 1. The van der Waals surface area contributed by atoms with Crippen LogP contribution in [0.2, 0.25) is 5.02 Å². The molecule has 1 aromatic heterocycles. The standard InChI is InChI=1S/C21H19ClFN3O2/c22-15-5-6-19-16(11-15)20(25-12-14-3-1-2-4-18(14)23)17(13-24-19)21(27)26-7-9-28-10-8-26/h1-6,11,13H,7-10,12H2,(H,24,25). The van der Waals surface area contributed by atoms with Gasteiger partial charge in [0.05, 0.1) is 30.0 Å². The summed E-state index contributed by atoms with van der Waals surface area (Å²) < 4.78 is 19.4. The molecule has 1 fully saturated rings. The molecule has 0 saturated carbocycles. The molecule has 2 aromatic carbocycles. The summed E-state index contributed by atoms with van der Waals surface area (Å²) in [7, 11) is 0. The molecular formula is C21H19ClFN3O2. The van der Waals surface area contributed by atoms with E-state index in [1.807, 2.05) is 0 Å². The van der Waals surface area contributed by atoms with E-state index < -0.39 is 0 Å². The van der Waals surface area contributed by atoms with Crippen LogP contribution in [-0.4, -0.2) is 42.1 Å². The molecule has 5 nitrogen and oxygen atoms in total. The number of anilines is 1. The van der Waals surface area contributed by atoms with Crippen molar-refractivity contribution < 1.29 is 13.9 Å². The van der Waals surface area contributed by atoms with Gasteiger partial charge in [-0.05, 0) is 24.3 Å². The number of rotatable bonds is 4. The number of benzene rings is 2. The Morgan fingerprint density at radius 2 is 2.00 bits per heavy atom. The van der Waals surface area contributed by atoms with Crippen LogP contribution in [0, 0.1) is 5.82 Å². The minimum absolute atomic E-state index is 0.131. The highest BCUT2D eigenvalue weighted by Crippen LogP contribution is 2.30. The maximum absolute atomic E-state index is 14.1. The van der Waals surface area contributed by atoms with Crippen LogP contribution in [0.4, 0.5) is 10.1 Å². The number of amides is 1. The van der Waals surface area contributed by atoms with Gasteiger partial charge in [0.2, 0.25) is 0 Å². The molecule has 1 N–H and O–H groups in total. The van der Waals surface area contributed by atoms with Crippen molar-refractivity contribution >= 4 is 34.1 Å². The Labute approximate surface area is 167 Å². The van der Waals surface area contributed by atoms with E-state index in [4.69, 9.17) is 16.3 Å². The van der Waals surface area contributed by atoms with Gasteiger partial charge in [-0.3, -0.25) is 9.78 Å². The zero-order chi connectivity index (χ0) is 19.5. The Morgan fingerprint density at radius 1 is 1.21 bits per heavy atom. The smallest absolute Gasteiger partial charge is 0.257 e. The second-order valence-electron chi connectivity index (χ2n) is 6.56.